The zero-order valence-electron chi connectivity index (χ0n) is 37.8. The van der Waals surface area contributed by atoms with Crippen molar-refractivity contribution < 1.29 is 24.5 Å². The number of aliphatic hydroxyl groups is 2. The monoisotopic (exact) mass is 792 g/mol. The summed E-state index contributed by atoms with van der Waals surface area (Å²) in [5, 5.41) is 23.7. The van der Waals surface area contributed by atoms with E-state index >= 15 is 0 Å². The molecule has 332 valence electrons. The fourth-order valence-corrected chi connectivity index (χ4v) is 7.78. The maximum Gasteiger partial charge on any atom is 0.306 e. The van der Waals surface area contributed by atoms with Crippen LogP contribution in [0, 0.1) is 0 Å². The summed E-state index contributed by atoms with van der Waals surface area (Å²) in [5.41, 5.74) is 0. The molecule has 0 saturated heterocycles. The van der Waals surface area contributed by atoms with Gasteiger partial charge in [0.1, 0.15) is 6.10 Å². The minimum absolute atomic E-state index is 0.0784. The topological polar surface area (TPSA) is 95.9 Å². The molecule has 1 amide bonds. The van der Waals surface area contributed by atoms with E-state index in [1.165, 1.54) is 167 Å². The minimum Gasteiger partial charge on any atom is -0.462 e. The Balaban J connectivity index is 4.55. The highest BCUT2D eigenvalue weighted by molar-refractivity contribution is 5.77. The highest BCUT2D eigenvalue weighted by Gasteiger charge is 2.24. The highest BCUT2D eigenvalue weighted by atomic mass is 16.5. The van der Waals surface area contributed by atoms with Crippen LogP contribution in [0.5, 0.6) is 0 Å². The van der Waals surface area contributed by atoms with Gasteiger partial charge in [0.25, 0.3) is 0 Å². The van der Waals surface area contributed by atoms with Crippen LogP contribution < -0.4 is 5.32 Å². The summed E-state index contributed by atoms with van der Waals surface area (Å²) in [7, 11) is 0. The molecule has 6 heteroatoms. The molecule has 0 saturated carbocycles. The van der Waals surface area contributed by atoms with Gasteiger partial charge in [-0.3, -0.25) is 9.59 Å². The Bertz CT molecular complexity index is 847. The van der Waals surface area contributed by atoms with Crippen LogP contribution in [-0.4, -0.2) is 46.9 Å². The van der Waals surface area contributed by atoms with Gasteiger partial charge in [0.2, 0.25) is 5.91 Å². The molecule has 0 aromatic carbocycles. The number of esters is 1. The molecular weight excluding hydrogens is 695 g/mol. The van der Waals surface area contributed by atoms with E-state index in [0.717, 1.165) is 57.8 Å². The molecular formula is C50H97NO5. The molecule has 0 rings (SSSR count). The Hall–Kier alpha value is -1.40. The first kappa shape index (κ1) is 54.6. The number of carbonyl (C=O) groups excluding carboxylic acids is 2. The quantitative estimate of drug-likeness (QED) is 0.0324. The van der Waals surface area contributed by atoms with Gasteiger partial charge >= 0.3 is 5.97 Å². The van der Waals surface area contributed by atoms with Crippen LogP contribution in [0.3, 0.4) is 0 Å². The number of nitrogens with one attached hydrogen (secondary N) is 1. The number of hydrogen-bond donors (Lipinski definition) is 3. The molecule has 0 heterocycles. The number of allylic oxidation sites excluding steroid dienone is 2. The van der Waals surface area contributed by atoms with Crippen molar-refractivity contribution in [2.75, 3.05) is 6.61 Å². The number of aliphatic hydroxyl groups excluding tert-OH is 2. The van der Waals surface area contributed by atoms with E-state index in [-0.39, 0.29) is 24.9 Å². The number of ether oxygens (including phenoxy) is 1. The molecule has 3 unspecified atom stereocenters. The summed E-state index contributed by atoms with van der Waals surface area (Å²) in [6, 6.07) is -0.696. The van der Waals surface area contributed by atoms with E-state index in [1.54, 1.807) is 0 Å². The Morgan fingerprint density at radius 1 is 0.500 bits per heavy atom. The molecule has 0 bridgehead atoms. The molecule has 3 N–H and O–H groups in total. The fourth-order valence-electron chi connectivity index (χ4n) is 7.78. The van der Waals surface area contributed by atoms with Crippen molar-refractivity contribution in [3.8, 4) is 0 Å². The first-order valence-electron chi connectivity index (χ1n) is 24.9. The largest absolute Gasteiger partial charge is 0.462 e. The van der Waals surface area contributed by atoms with E-state index < -0.39 is 18.2 Å². The van der Waals surface area contributed by atoms with E-state index in [0.29, 0.717) is 19.3 Å². The Kier molecular flexibility index (Phi) is 43.6. The van der Waals surface area contributed by atoms with Gasteiger partial charge in [0.05, 0.1) is 25.2 Å². The lowest BCUT2D eigenvalue weighted by Crippen LogP contribution is -2.46. The Labute approximate surface area is 349 Å². The number of hydrogen-bond acceptors (Lipinski definition) is 5. The zero-order chi connectivity index (χ0) is 41.0. The minimum atomic E-state index is -0.783. The maximum atomic E-state index is 13.2. The second kappa shape index (κ2) is 44.7. The van der Waals surface area contributed by atoms with Gasteiger partial charge in [-0.15, -0.1) is 0 Å². The number of unbranched alkanes of at least 4 members (excludes halogenated alkanes) is 31. The van der Waals surface area contributed by atoms with Crippen LogP contribution in [0.1, 0.15) is 271 Å². The first-order valence-corrected chi connectivity index (χ1v) is 24.9. The van der Waals surface area contributed by atoms with Crippen LogP contribution >= 0.6 is 0 Å². The Morgan fingerprint density at radius 2 is 0.857 bits per heavy atom. The number of amides is 1. The van der Waals surface area contributed by atoms with Crippen molar-refractivity contribution >= 4 is 11.9 Å². The van der Waals surface area contributed by atoms with Gasteiger partial charge in [-0.2, -0.15) is 0 Å². The SMILES string of the molecule is CCCCCCCC/C=C/CCCCCCCC(CC(=O)NC(CO)C(O)CCCCCCCCCCCCCC)OC(=O)CCCCCCCCCCCC. The predicted octanol–water partition coefficient (Wildman–Crippen LogP) is 14.6. The number of carbonyl (C=O) groups is 2. The van der Waals surface area contributed by atoms with Crippen molar-refractivity contribution in [1.29, 1.82) is 0 Å². The zero-order valence-corrected chi connectivity index (χ0v) is 37.8. The van der Waals surface area contributed by atoms with Crippen molar-refractivity contribution in [3.05, 3.63) is 12.2 Å². The summed E-state index contributed by atoms with van der Waals surface area (Å²) in [5.74, 6) is -0.469. The van der Waals surface area contributed by atoms with Crippen molar-refractivity contribution in [2.45, 2.75) is 289 Å². The van der Waals surface area contributed by atoms with Gasteiger partial charge in [0, 0.05) is 6.42 Å². The van der Waals surface area contributed by atoms with Crippen molar-refractivity contribution in [1.82, 2.24) is 5.32 Å². The summed E-state index contributed by atoms with van der Waals surface area (Å²) < 4.78 is 5.91. The molecule has 0 fully saturated rings. The smallest absolute Gasteiger partial charge is 0.306 e. The standard InChI is InChI=1S/C50H97NO5/c1-4-7-10-13-16-19-22-24-25-26-27-29-32-35-38-41-46(56-50(55)43-40-37-34-31-21-18-15-12-9-6-3)44-49(54)51-47(45-52)48(53)42-39-36-33-30-28-23-20-17-14-11-8-5-2/h24-25,46-48,52-53H,4-23,26-45H2,1-3H3,(H,51,54)/b25-24+. The van der Waals surface area contributed by atoms with Crippen LogP contribution in [0.4, 0.5) is 0 Å². The third kappa shape index (κ3) is 39.4. The normalized spacial score (nSPS) is 13.3. The van der Waals surface area contributed by atoms with Crippen LogP contribution in [0.25, 0.3) is 0 Å². The average Bonchev–Trinajstić information content (AvgIpc) is 3.19. The van der Waals surface area contributed by atoms with E-state index in [9.17, 15) is 19.8 Å². The van der Waals surface area contributed by atoms with Gasteiger partial charge in [-0.1, -0.05) is 219 Å². The average molecular weight is 792 g/mol. The van der Waals surface area contributed by atoms with Gasteiger partial charge < -0.3 is 20.3 Å². The highest BCUT2D eigenvalue weighted by Crippen LogP contribution is 2.18. The molecule has 0 aliphatic carbocycles. The van der Waals surface area contributed by atoms with Crippen LogP contribution in [0.15, 0.2) is 12.2 Å². The van der Waals surface area contributed by atoms with E-state index in [2.05, 4.69) is 38.2 Å². The maximum absolute atomic E-state index is 13.2. The second-order valence-corrected chi connectivity index (χ2v) is 17.2. The molecule has 6 nitrogen and oxygen atoms in total. The lowest BCUT2D eigenvalue weighted by atomic mass is 10.0. The molecule has 0 radical (unpaired) electrons. The molecule has 0 aromatic rings. The molecule has 0 spiro atoms. The summed E-state index contributed by atoms with van der Waals surface area (Å²) in [4.78, 5) is 26.0. The second-order valence-electron chi connectivity index (χ2n) is 17.2. The van der Waals surface area contributed by atoms with Crippen LogP contribution in [0.2, 0.25) is 0 Å². The molecule has 0 aliphatic rings. The molecule has 0 aromatic heterocycles. The molecule has 0 aliphatic heterocycles. The fraction of sp³-hybridized carbons (Fsp3) is 0.920. The van der Waals surface area contributed by atoms with E-state index in [4.69, 9.17) is 4.74 Å². The third-order valence-corrected chi connectivity index (χ3v) is 11.6. The summed E-state index contributed by atoms with van der Waals surface area (Å²) in [6.07, 6.45) is 48.4. The van der Waals surface area contributed by atoms with Gasteiger partial charge in [-0.05, 0) is 51.4 Å². The van der Waals surface area contributed by atoms with Crippen LogP contribution in [-0.2, 0) is 14.3 Å². The summed E-state index contributed by atoms with van der Waals surface area (Å²) in [6.45, 7) is 6.47. The molecule has 56 heavy (non-hydrogen) atoms. The first-order chi connectivity index (χ1) is 27.5. The predicted molar refractivity (Wildman–Crippen MR) is 241 cm³/mol. The van der Waals surface area contributed by atoms with Crippen molar-refractivity contribution in [2.24, 2.45) is 0 Å². The lowest BCUT2D eigenvalue weighted by molar-refractivity contribution is -0.151. The third-order valence-electron chi connectivity index (χ3n) is 11.6. The van der Waals surface area contributed by atoms with Gasteiger partial charge in [-0.25, -0.2) is 0 Å². The lowest BCUT2D eigenvalue weighted by Gasteiger charge is -2.24. The molecule has 3 atom stereocenters. The summed E-state index contributed by atoms with van der Waals surface area (Å²) >= 11 is 0. The van der Waals surface area contributed by atoms with E-state index in [1.807, 2.05) is 0 Å². The van der Waals surface area contributed by atoms with Crippen molar-refractivity contribution in [3.63, 3.8) is 0 Å². The van der Waals surface area contributed by atoms with Gasteiger partial charge in [0.15, 0.2) is 0 Å². The number of rotatable bonds is 45. The Morgan fingerprint density at radius 3 is 1.27 bits per heavy atom.